The van der Waals surface area contributed by atoms with E-state index in [1.54, 1.807) is 7.11 Å². The van der Waals surface area contributed by atoms with Crippen molar-refractivity contribution in [1.82, 2.24) is 9.36 Å². The van der Waals surface area contributed by atoms with Gasteiger partial charge in [-0.15, -0.1) is 0 Å². The summed E-state index contributed by atoms with van der Waals surface area (Å²) in [4.78, 5) is 6.24. The van der Waals surface area contributed by atoms with Gasteiger partial charge in [0.25, 0.3) is 0 Å². The number of ether oxygens (including phenoxy) is 1. The van der Waals surface area contributed by atoms with Crippen LogP contribution in [0.15, 0.2) is 24.3 Å². The highest BCUT2D eigenvalue weighted by molar-refractivity contribution is 7.83. The van der Waals surface area contributed by atoms with Gasteiger partial charge in [-0.3, -0.25) is 4.21 Å². The number of hydrogen-bond donors (Lipinski definition) is 0. The van der Waals surface area contributed by atoms with Crippen molar-refractivity contribution in [2.45, 2.75) is 11.5 Å². The molecule has 0 unspecified atom stereocenters. The Bertz CT molecular complexity index is 599. The van der Waals surface area contributed by atoms with E-state index in [1.165, 1.54) is 11.5 Å². The molecule has 20 heavy (non-hydrogen) atoms. The molecule has 1 atom stereocenters. The first-order valence-electron chi connectivity index (χ1n) is 6.06. The van der Waals surface area contributed by atoms with Crippen LogP contribution in [0.2, 0.25) is 0 Å². The summed E-state index contributed by atoms with van der Waals surface area (Å²) in [6, 6.07) is 7.62. The molecule has 0 N–H and O–H groups in total. The summed E-state index contributed by atoms with van der Waals surface area (Å²) < 4.78 is 21.5. The minimum absolute atomic E-state index is 0.377. The van der Waals surface area contributed by atoms with Crippen molar-refractivity contribution in [2.24, 2.45) is 0 Å². The Morgan fingerprint density at radius 1 is 1.35 bits per heavy atom. The van der Waals surface area contributed by atoms with Gasteiger partial charge in [-0.25, -0.2) is 4.98 Å². The Kier molecular flexibility index (Phi) is 5.08. The molecule has 0 aliphatic heterocycles. The molecule has 0 aliphatic rings. The maximum absolute atomic E-state index is 12.1. The van der Waals surface area contributed by atoms with E-state index in [4.69, 9.17) is 4.74 Å². The lowest BCUT2D eigenvalue weighted by Gasteiger charge is -2.05. The van der Waals surface area contributed by atoms with E-state index in [-0.39, 0.29) is 0 Å². The molecule has 108 valence electrons. The fourth-order valence-electron chi connectivity index (χ4n) is 1.63. The lowest BCUT2D eigenvalue weighted by molar-refractivity contribution is 0.414. The van der Waals surface area contributed by atoms with Crippen LogP contribution in [0.4, 0.5) is 5.13 Å². The van der Waals surface area contributed by atoms with Crippen molar-refractivity contribution in [3.8, 4) is 5.75 Å². The molecule has 0 bridgehead atoms. The first-order chi connectivity index (χ1) is 9.58. The summed E-state index contributed by atoms with van der Waals surface area (Å²) in [5.41, 5.74) is 0.991. The topological polar surface area (TPSA) is 55.3 Å². The van der Waals surface area contributed by atoms with Crippen LogP contribution in [0.25, 0.3) is 0 Å². The summed E-state index contributed by atoms with van der Waals surface area (Å²) in [6.07, 6.45) is 0. The van der Waals surface area contributed by atoms with Gasteiger partial charge >= 0.3 is 0 Å². The van der Waals surface area contributed by atoms with Crippen LogP contribution >= 0.6 is 11.5 Å². The number of hydrogen-bond acceptors (Lipinski definition) is 6. The van der Waals surface area contributed by atoms with Crippen molar-refractivity contribution in [1.29, 1.82) is 0 Å². The normalized spacial score (nSPS) is 12.2. The predicted octanol–water partition coefficient (Wildman–Crippen LogP) is 2.06. The SMILES string of the molecule is COc1cccc(C[S@@](=O)Cc2nsc(N(C)C)n2)c1. The standard InChI is InChI=1S/C13H17N3O2S2/c1-16(2)13-14-12(15-19-13)9-20(17)8-10-5-4-6-11(7-10)18-3/h4-7H,8-9H2,1-3H3/t20-/m1/s1. The number of rotatable bonds is 6. The van der Waals surface area contributed by atoms with Gasteiger partial charge < -0.3 is 9.64 Å². The zero-order valence-corrected chi connectivity index (χ0v) is 13.3. The number of nitrogens with zero attached hydrogens (tertiary/aromatic N) is 3. The van der Waals surface area contributed by atoms with E-state index in [0.29, 0.717) is 17.3 Å². The number of methoxy groups -OCH3 is 1. The first-order valence-corrected chi connectivity index (χ1v) is 8.32. The maximum atomic E-state index is 12.1. The molecule has 0 fully saturated rings. The third-order valence-electron chi connectivity index (χ3n) is 2.59. The summed E-state index contributed by atoms with van der Waals surface area (Å²) in [7, 11) is 4.43. The fourth-order valence-corrected chi connectivity index (χ4v) is 3.38. The van der Waals surface area contributed by atoms with E-state index in [9.17, 15) is 4.21 Å². The molecule has 1 heterocycles. The minimum atomic E-state index is -1.02. The molecule has 0 saturated carbocycles. The average Bonchev–Trinajstić information content (AvgIpc) is 2.87. The van der Waals surface area contributed by atoms with Crippen LogP contribution < -0.4 is 9.64 Å². The van der Waals surface area contributed by atoms with E-state index < -0.39 is 10.8 Å². The number of benzene rings is 1. The summed E-state index contributed by atoms with van der Waals surface area (Å²) in [5.74, 6) is 2.27. The molecule has 5 nitrogen and oxygen atoms in total. The molecular formula is C13H17N3O2S2. The fraction of sp³-hybridized carbons (Fsp3) is 0.385. The molecular weight excluding hydrogens is 294 g/mol. The molecule has 0 saturated heterocycles. The van der Waals surface area contributed by atoms with Gasteiger partial charge in [-0.1, -0.05) is 12.1 Å². The highest BCUT2D eigenvalue weighted by Gasteiger charge is 2.10. The van der Waals surface area contributed by atoms with Gasteiger partial charge in [0.15, 0.2) is 5.82 Å². The lowest BCUT2D eigenvalue weighted by Crippen LogP contribution is -2.08. The largest absolute Gasteiger partial charge is 0.497 e. The second-order valence-corrected chi connectivity index (χ2v) is 6.65. The van der Waals surface area contributed by atoms with Crippen LogP contribution in [0.1, 0.15) is 11.4 Å². The Morgan fingerprint density at radius 2 is 2.15 bits per heavy atom. The van der Waals surface area contributed by atoms with Crippen LogP contribution in [-0.4, -0.2) is 34.8 Å². The Morgan fingerprint density at radius 3 is 2.80 bits per heavy atom. The summed E-state index contributed by atoms with van der Waals surface area (Å²) in [6.45, 7) is 0. The summed E-state index contributed by atoms with van der Waals surface area (Å²) in [5, 5.41) is 0.832. The third kappa shape index (κ3) is 4.01. The van der Waals surface area contributed by atoms with Crippen molar-refractivity contribution in [3.05, 3.63) is 35.7 Å². The van der Waals surface area contributed by atoms with Gasteiger partial charge in [0.05, 0.1) is 12.9 Å². The average molecular weight is 311 g/mol. The molecule has 7 heteroatoms. The smallest absolute Gasteiger partial charge is 0.204 e. The van der Waals surface area contributed by atoms with Crippen LogP contribution in [0, 0.1) is 0 Å². The lowest BCUT2D eigenvalue weighted by atomic mass is 10.2. The third-order valence-corrected chi connectivity index (χ3v) is 4.75. The quantitative estimate of drug-likeness (QED) is 0.817. The van der Waals surface area contributed by atoms with Crippen LogP contribution in [0.3, 0.4) is 0 Å². The molecule has 0 amide bonds. The van der Waals surface area contributed by atoms with Gasteiger partial charge in [0.2, 0.25) is 5.13 Å². The predicted molar refractivity (Wildman–Crippen MR) is 82.8 cm³/mol. The molecule has 0 aliphatic carbocycles. The number of aromatic nitrogens is 2. The van der Waals surface area contributed by atoms with Crippen molar-refractivity contribution in [3.63, 3.8) is 0 Å². The molecule has 1 aromatic carbocycles. The first kappa shape index (κ1) is 14.9. The van der Waals surface area contributed by atoms with Gasteiger partial charge in [0.1, 0.15) is 5.75 Å². The van der Waals surface area contributed by atoms with Gasteiger partial charge in [0, 0.05) is 42.2 Å². The van der Waals surface area contributed by atoms with Gasteiger partial charge in [-0.2, -0.15) is 4.37 Å². The second kappa shape index (κ2) is 6.81. The highest BCUT2D eigenvalue weighted by Crippen LogP contribution is 2.17. The molecule has 2 aromatic rings. The van der Waals surface area contributed by atoms with E-state index >= 15 is 0 Å². The zero-order valence-electron chi connectivity index (χ0n) is 11.7. The van der Waals surface area contributed by atoms with Crippen molar-refractivity contribution < 1.29 is 8.95 Å². The Balaban J connectivity index is 1.97. The van der Waals surface area contributed by atoms with E-state index in [2.05, 4.69) is 9.36 Å². The second-order valence-electron chi connectivity index (χ2n) is 4.47. The van der Waals surface area contributed by atoms with Crippen LogP contribution in [-0.2, 0) is 22.3 Å². The maximum Gasteiger partial charge on any atom is 0.204 e. The minimum Gasteiger partial charge on any atom is -0.497 e. The van der Waals surface area contributed by atoms with Crippen molar-refractivity contribution in [2.75, 3.05) is 26.1 Å². The Labute approximate surface area is 125 Å². The molecule has 0 spiro atoms. The Hall–Kier alpha value is -1.47. The number of anilines is 1. The van der Waals surface area contributed by atoms with Gasteiger partial charge in [-0.05, 0) is 17.7 Å². The zero-order chi connectivity index (χ0) is 14.5. The van der Waals surface area contributed by atoms with Crippen molar-refractivity contribution >= 4 is 27.5 Å². The molecule has 0 radical (unpaired) electrons. The van der Waals surface area contributed by atoms with Crippen LogP contribution in [0.5, 0.6) is 5.75 Å². The highest BCUT2D eigenvalue weighted by atomic mass is 32.2. The molecule has 1 aromatic heterocycles. The van der Waals surface area contributed by atoms with E-state index in [1.807, 2.05) is 43.3 Å². The summed E-state index contributed by atoms with van der Waals surface area (Å²) >= 11 is 1.32. The monoisotopic (exact) mass is 311 g/mol. The van der Waals surface area contributed by atoms with E-state index in [0.717, 1.165) is 16.4 Å². The molecule has 2 rings (SSSR count).